The zero-order valence-electron chi connectivity index (χ0n) is 10.9. The molecule has 0 amide bonds. The van der Waals surface area contributed by atoms with Crippen molar-refractivity contribution in [2.75, 3.05) is 18.0 Å². The van der Waals surface area contributed by atoms with Crippen LogP contribution in [0.1, 0.15) is 12.8 Å². The molecule has 1 fully saturated rings. The Labute approximate surface area is 125 Å². The third kappa shape index (κ3) is 2.71. The number of halogens is 2. The summed E-state index contributed by atoms with van der Waals surface area (Å²) in [7, 11) is 0. The zero-order chi connectivity index (χ0) is 14.1. The number of nitrogens with zero attached hydrogens (tertiary/aromatic N) is 2. The van der Waals surface area contributed by atoms with Crippen LogP contribution in [0.3, 0.4) is 0 Å². The van der Waals surface area contributed by atoms with E-state index in [0.717, 1.165) is 43.0 Å². The van der Waals surface area contributed by atoms with Gasteiger partial charge in [-0.2, -0.15) is 5.10 Å². The number of H-pyrrole nitrogens is 1. The van der Waals surface area contributed by atoms with Crippen LogP contribution in [0.25, 0.3) is 11.3 Å². The van der Waals surface area contributed by atoms with E-state index in [1.165, 1.54) is 6.07 Å². The van der Waals surface area contributed by atoms with Crippen LogP contribution in [0.2, 0.25) is 0 Å². The summed E-state index contributed by atoms with van der Waals surface area (Å²) in [4.78, 5) is 2.22. The SMILES string of the molecule is NC1CCN(c2cc(-c3ccc(F)c(Br)c3)[nH]n2)CC1. The number of hydrogen-bond donors (Lipinski definition) is 2. The van der Waals surface area contributed by atoms with Crippen LogP contribution >= 0.6 is 15.9 Å². The zero-order valence-corrected chi connectivity index (χ0v) is 12.5. The molecule has 0 bridgehead atoms. The topological polar surface area (TPSA) is 57.9 Å². The van der Waals surface area contributed by atoms with Gasteiger partial charge in [-0.1, -0.05) is 0 Å². The number of piperidine rings is 1. The van der Waals surface area contributed by atoms with Crippen molar-refractivity contribution in [2.24, 2.45) is 5.73 Å². The van der Waals surface area contributed by atoms with Gasteiger partial charge in [-0.05, 0) is 47.0 Å². The Hall–Kier alpha value is -1.40. The van der Waals surface area contributed by atoms with Gasteiger partial charge >= 0.3 is 0 Å². The normalized spacial score (nSPS) is 16.6. The molecule has 1 aromatic carbocycles. The fraction of sp³-hybridized carbons (Fsp3) is 0.357. The Morgan fingerprint density at radius 2 is 2.05 bits per heavy atom. The predicted octanol–water partition coefficient (Wildman–Crippen LogP) is 2.91. The summed E-state index contributed by atoms with van der Waals surface area (Å²) in [5.74, 6) is 0.658. The van der Waals surface area contributed by atoms with Gasteiger partial charge in [-0.15, -0.1) is 0 Å². The van der Waals surface area contributed by atoms with Gasteiger partial charge in [0.25, 0.3) is 0 Å². The van der Waals surface area contributed by atoms with Gasteiger partial charge in [0.2, 0.25) is 0 Å². The predicted molar refractivity (Wildman–Crippen MR) is 81.1 cm³/mol. The highest BCUT2D eigenvalue weighted by atomic mass is 79.9. The maximum absolute atomic E-state index is 13.3. The molecular formula is C14H16BrFN4. The highest BCUT2D eigenvalue weighted by Gasteiger charge is 2.18. The highest BCUT2D eigenvalue weighted by Crippen LogP contribution is 2.27. The molecule has 2 heterocycles. The molecule has 2 aromatic rings. The van der Waals surface area contributed by atoms with Gasteiger partial charge in [0, 0.05) is 30.8 Å². The lowest BCUT2D eigenvalue weighted by molar-refractivity contribution is 0.498. The second-order valence-corrected chi connectivity index (χ2v) is 5.95. The third-order valence-electron chi connectivity index (χ3n) is 3.66. The second-order valence-electron chi connectivity index (χ2n) is 5.09. The molecule has 1 aliphatic rings. The van der Waals surface area contributed by atoms with E-state index in [-0.39, 0.29) is 5.82 Å². The summed E-state index contributed by atoms with van der Waals surface area (Å²) in [5, 5.41) is 7.36. The van der Waals surface area contributed by atoms with E-state index in [9.17, 15) is 4.39 Å². The first-order valence-corrected chi connectivity index (χ1v) is 7.44. The van der Waals surface area contributed by atoms with Gasteiger partial charge in [0.15, 0.2) is 5.82 Å². The van der Waals surface area contributed by atoms with Crippen LogP contribution in [-0.2, 0) is 0 Å². The molecule has 106 valence electrons. The van der Waals surface area contributed by atoms with E-state index >= 15 is 0 Å². The van der Waals surface area contributed by atoms with Crippen molar-refractivity contribution >= 4 is 21.7 Å². The number of nitrogens with two attached hydrogens (primary N) is 1. The minimum absolute atomic E-state index is 0.265. The number of nitrogens with one attached hydrogen (secondary N) is 1. The molecule has 20 heavy (non-hydrogen) atoms. The van der Waals surface area contributed by atoms with Crippen molar-refractivity contribution in [3.05, 3.63) is 34.6 Å². The molecule has 0 unspecified atom stereocenters. The molecule has 0 saturated carbocycles. The smallest absolute Gasteiger partial charge is 0.150 e. The first-order valence-electron chi connectivity index (χ1n) is 6.65. The van der Waals surface area contributed by atoms with Crippen molar-refractivity contribution < 1.29 is 4.39 Å². The first-order chi connectivity index (χ1) is 9.63. The Morgan fingerprint density at radius 3 is 2.75 bits per heavy atom. The van der Waals surface area contributed by atoms with Crippen LogP contribution in [-0.4, -0.2) is 29.3 Å². The van der Waals surface area contributed by atoms with Crippen LogP contribution in [0, 0.1) is 5.82 Å². The van der Waals surface area contributed by atoms with Crippen molar-refractivity contribution in [3.8, 4) is 11.3 Å². The Kier molecular flexibility index (Phi) is 3.76. The molecule has 0 radical (unpaired) electrons. The van der Waals surface area contributed by atoms with Crippen LogP contribution in [0.4, 0.5) is 10.2 Å². The van der Waals surface area contributed by atoms with Gasteiger partial charge < -0.3 is 10.6 Å². The van der Waals surface area contributed by atoms with E-state index in [0.29, 0.717) is 10.5 Å². The maximum Gasteiger partial charge on any atom is 0.150 e. The largest absolute Gasteiger partial charge is 0.355 e. The molecule has 0 atom stereocenters. The summed E-state index contributed by atoms with van der Waals surface area (Å²) >= 11 is 3.20. The molecule has 3 N–H and O–H groups in total. The summed E-state index contributed by atoms with van der Waals surface area (Å²) in [6.45, 7) is 1.86. The summed E-state index contributed by atoms with van der Waals surface area (Å²) in [6.07, 6.45) is 1.98. The highest BCUT2D eigenvalue weighted by molar-refractivity contribution is 9.10. The van der Waals surface area contributed by atoms with E-state index in [2.05, 4.69) is 31.0 Å². The van der Waals surface area contributed by atoms with Crippen molar-refractivity contribution in [3.63, 3.8) is 0 Å². The quantitative estimate of drug-likeness (QED) is 0.885. The maximum atomic E-state index is 13.3. The molecule has 3 rings (SSSR count). The first kappa shape index (κ1) is 13.6. The molecule has 0 spiro atoms. The summed E-state index contributed by atoms with van der Waals surface area (Å²) in [6, 6.07) is 7.23. The standard InChI is InChI=1S/C14H16BrFN4/c15-11-7-9(1-2-12(11)16)13-8-14(19-18-13)20-5-3-10(17)4-6-20/h1-2,7-8,10H,3-6,17H2,(H,18,19). The Balaban J connectivity index is 1.81. The number of hydrogen-bond acceptors (Lipinski definition) is 3. The average Bonchev–Trinajstić information content (AvgIpc) is 2.92. The van der Waals surface area contributed by atoms with Crippen LogP contribution < -0.4 is 10.6 Å². The second kappa shape index (κ2) is 5.54. The van der Waals surface area contributed by atoms with Crippen molar-refractivity contribution in [1.29, 1.82) is 0 Å². The number of rotatable bonds is 2. The monoisotopic (exact) mass is 338 g/mol. The van der Waals surface area contributed by atoms with E-state index in [1.807, 2.05) is 6.07 Å². The number of benzene rings is 1. The third-order valence-corrected chi connectivity index (χ3v) is 4.27. The Bertz CT molecular complexity index is 605. The molecular weight excluding hydrogens is 323 g/mol. The van der Waals surface area contributed by atoms with Crippen LogP contribution in [0.15, 0.2) is 28.7 Å². The number of anilines is 1. The van der Waals surface area contributed by atoms with Gasteiger partial charge in [0.1, 0.15) is 5.82 Å². The minimum Gasteiger partial charge on any atom is -0.355 e. The molecule has 4 nitrogen and oxygen atoms in total. The summed E-state index contributed by atoms with van der Waals surface area (Å²) < 4.78 is 13.7. The van der Waals surface area contributed by atoms with Gasteiger partial charge in [-0.25, -0.2) is 4.39 Å². The lowest BCUT2D eigenvalue weighted by Crippen LogP contribution is -2.39. The fourth-order valence-corrected chi connectivity index (χ4v) is 2.79. The van der Waals surface area contributed by atoms with Crippen molar-refractivity contribution in [2.45, 2.75) is 18.9 Å². The molecule has 6 heteroatoms. The lowest BCUT2D eigenvalue weighted by atomic mass is 10.1. The van der Waals surface area contributed by atoms with Crippen molar-refractivity contribution in [1.82, 2.24) is 10.2 Å². The van der Waals surface area contributed by atoms with Gasteiger partial charge in [-0.3, -0.25) is 5.10 Å². The molecule has 1 aliphatic heterocycles. The Morgan fingerprint density at radius 1 is 1.30 bits per heavy atom. The van der Waals surface area contributed by atoms with E-state index < -0.39 is 0 Å². The summed E-state index contributed by atoms with van der Waals surface area (Å²) in [5.41, 5.74) is 7.70. The molecule has 1 saturated heterocycles. The number of aromatic amines is 1. The van der Waals surface area contributed by atoms with E-state index in [1.54, 1.807) is 12.1 Å². The lowest BCUT2D eigenvalue weighted by Gasteiger charge is -2.29. The fourth-order valence-electron chi connectivity index (χ4n) is 2.41. The van der Waals surface area contributed by atoms with Crippen LogP contribution in [0.5, 0.6) is 0 Å². The van der Waals surface area contributed by atoms with Gasteiger partial charge in [0.05, 0.1) is 10.2 Å². The molecule has 1 aromatic heterocycles. The minimum atomic E-state index is -0.265. The van der Waals surface area contributed by atoms with E-state index in [4.69, 9.17) is 5.73 Å². The average molecular weight is 339 g/mol. The molecule has 0 aliphatic carbocycles. The number of aromatic nitrogens is 2.